The number of nitrogens with zero attached hydrogens (tertiary/aromatic N) is 1. The van der Waals surface area contributed by atoms with Gasteiger partial charge in [0.15, 0.2) is 10.6 Å². The Labute approximate surface area is 131 Å². The summed E-state index contributed by atoms with van der Waals surface area (Å²) in [5.74, 6) is -0.994. The number of carbonyl (C=O) groups is 2. The van der Waals surface area contributed by atoms with Crippen molar-refractivity contribution in [2.45, 2.75) is 20.0 Å². The summed E-state index contributed by atoms with van der Waals surface area (Å²) in [5.41, 5.74) is 1.46. The lowest BCUT2D eigenvalue weighted by Crippen LogP contribution is -2.24. The zero-order valence-electron chi connectivity index (χ0n) is 12.0. The Morgan fingerprint density at radius 1 is 1.36 bits per heavy atom. The average molecular weight is 317 g/mol. The zero-order chi connectivity index (χ0) is 15.7. The maximum absolute atomic E-state index is 12.6. The number of rotatable bonds is 5. The van der Waals surface area contributed by atoms with Gasteiger partial charge < -0.3 is 14.7 Å². The smallest absolute Gasteiger partial charge is 0.349 e. The third-order valence-corrected chi connectivity index (χ3v) is 4.62. The van der Waals surface area contributed by atoms with Gasteiger partial charge in [0.1, 0.15) is 0 Å². The Morgan fingerprint density at radius 3 is 2.73 bits per heavy atom. The summed E-state index contributed by atoms with van der Waals surface area (Å²) in [6.07, 6.45) is 0. The number of aromatic carboxylic acids is 1. The van der Waals surface area contributed by atoms with Gasteiger partial charge in [-0.1, -0.05) is 30.3 Å². The first-order valence-corrected chi connectivity index (χ1v) is 7.78. The molecule has 0 aliphatic carbocycles. The SMILES string of the molecule is CCOc1c(C(=O)O)sc2c1C(=O)N(Cc1ccccc1)C2. The Morgan fingerprint density at radius 2 is 2.09 bits per heavy atom. The fourth-order valence-electron chi connectivity index (χ4n) is 2.55. The first-order chi connectivity index (χ1) is 10.6. The van der Waals surface area contributed by atoms with Crippen molar-refractivity contribution >= 4 is 23.2 Å². The second-order valence-corrected chi connectivity index (χ2v) is 6.05. The molecular weight excluding hydrogens is 302 g/mol. The minimum atomic E-state index is -1.05. The number of ether oxygens (including phenoxy) is 1. The molecule has 1 N–H and O–H groups in total. The second-order valence-electron chi connectivity index (χ2n) is 4.94. The Kier molecular flexibility index (Phi) is 3.85. The van der Waals surface area contributed by atoms with Crippen molar-refractivity contribution in [1.29, 1.82) is 0 Å². The molecule has 2 heterocycles. The molecule has 1 aromatic heterocycles. The number of thiophene rings is 1. The number of carboxylic acids is 1. The van der Waals surface area contributed by atoms with Crippen molar-refractivity contribution < 1.29 is 19.4 Å². The van der Waals surface area contributed by atoms with Crippen LogP contribution in [-0.2, 0) is 13.1 Å². The molecule has 22 heavy (non-hydrogen) atoms. The maximum atomic E-state index is 12.6. The van der Waals surface area contributed by atoms with E-state index in [2.05, 4.69) is 0 Å². The van der Waals surface area contributed by atoms with Crippen LogP contribution in [0.5, 0.6) is 5.75 Å². The summed E-state index contributed by atoms with van der Waals surface area (Å²) in [6, 6.07) is 9.72. The van der Waals surface area contributed by atoms with Crippen molar-refractivity contribution in [1.82, 2.24) is 4.90 Å². The quantitative estimate of drug-likeness (QED) is 0.920. The summed E-state index contributed by atoms with van der Waals surface area (Å²) in [5, 5.41) is 9.24. The van der Waals surface area contributed by atoms with Crippen LogP contribution in [0.25, 0.3) is 0 Å². The maximum Gasteiger partial charge on any atom is 0.349 e. The molecule has 1 aromatic carbocycles. The van der Waals surface area contributed by atoms with E-state index in [0.717, 1.165) is 21.8 Å². The van der Waals surface area contributed by atoms with E-state index in [0.29, 0.717) is 25.3 Å². The van der Waals surface area contributed by atoms with E-state index < -0.39 is 5.97 Å². The molecule has 0 spiro atoms. The van der Waals surface area contributed by atoms with Crippen LogP contribution in [0.2, 0.25) is 0 Å². The molecule has 114 valence electrons. The third-order valence-electron chi connectivity index (χ3n) is 3.47. The van der Waals surface area contributed by atoms with Gasteiger partial charge in [-0.25, -0.2) is 4.79 Å². The van der Waals surface area contributed by atoms with Crippen molar-refractivity contribution in [2.75, 3.05) is 6.61 Å². The highest BCUT2D eigenvalue weighted by Crippen LogP contribution is 2.41. The van der Waals surface area contributed by atoms with Crippen LogP contribution in [-0.4, -0.2) is 28.5 Å². The van der Waals surface area contributed by atoms with Crippen molar-refractivity contribution in [3.63, 3.8) is 0 Å². The monoisotopic (exact) mass is 317 g/mol. The Hall–Kier alpha value is -2.34. The Balaban J connectivity index is 1.90. The van der Waals surface area contributed by atoms with Gasteiger partial charge in [-0.2, -0.15) is 0 Å². The molecule has 2 aromatic rings. The molecule has 0 radical (unpaired) electrons. The molecule has 0 bridgehead atoms. The van der Waals surface area contributed by atoms with E-state index in [1.807, 2.05) is 30.3 Å². The van der Waals surface area contributed by atoms with Crippen LogP contribution >= 0.6 is 11.3 Å². The lowest BCUT2D eigenvalue weighted by atomic mass is 10.2. The minimum Gasteiger partial charge on any atom is -0.491 e. The average Bonchev–Trinajstić information content (AvgIpc) is 2.99. The van der Waals surface area contributed by atoms with Crippen LogP contribution < -0.4 is 4.74 Å². The van der Waals surface area contributed by atoms with Crippen molar-refractivity contribution in [2.24, 2.45) is 0 Å². The number of hydrogen-bond donors (Lipinski definition) is 1. The predicted molar refractivity (Wildman–Crippen MR) is 82.5 cm³/mol. The molecule has 1 aliphatic rings. The van der Waals surface area contributed by atoms with Crippen LogP contribution in [0.3, 0.4) is 0 Å². The standard InChI is InChI=1S/C16H15NO4S/c1-2-21-13-12-11(22-14(13)16(19)20)9-17(15(12)18)8-10-6-4-3-5-7-10/h3-7H,2,8-9H2,1H3,(H,19,20). The molecule has 5 nitrogen and oxygen atoms in total. The van der Waals surface area contributed by atoms with Gasteiger partial charge >= 0.3 is 5.97 Å². The molecule has 0 saturated carbocycles. The van der Waals surface area contributed by atoms with Crippen molar-refractivity contribution in [3.8, 4) is 5.75 Å². The van der Waals surface area contributed by atoms with E-state index in [4.69, 9.17) is 4.74 Å². The number of hydrogen-bond acceptors (Lipinski definition) is 4. The number of carbonyl (C=O) groups excluding carboxylic acids is 1. The normalized spacial score (nSPS) is 13.3. The molecule has 0 saturated heterocycles. The van der Waals surface area contributed by atoms with Gasteiger partial charge in [-0.15, -0.1) is 11.3 Å². The second kappa shape index (κ2) is 5.81. The van der Waals surface area contributed by atoms with Gasteiger partial charge in [0, 0.05) is 11.4 Å². The third kappa shape index (κ3) is 2.46. The Bertz CT molecular complexity index is 723. The van der Waals surface area contributed by atoms with Crippen LogP contribution in [0.15, 0.2) is 30.3 Å². The predicted octanol–water partition coefficient (Wildman–Crippen LogP) is 3.00. The highest BCUT2D eigenvalue weighted by molar-refractivity contribution is 7.14. The van der Waals surface area contributed by atoms with E-state index in [1.165, 1.54) is 0 Å². The molecule has 0 fully saturated rings. The van der Waals surface area contributed by atoms with E-state index in [1.54, 1.807) is 11.8 Å². The van der Waals surface area contributed by atoms with Gasteiger partial charge in [0.05, 0.1) is 18.7 Å². The lowest BCUT2D eigenvalue weighted by Gasteiger charge is -2.16. The summed E-state index contributed by atoms with van der Waals surface area (Å²) >= 11 is 1.13. The highest BCUT2D eigenvalue weighted by Gasteiger charge is 2.36. The number of fused-ring (bicyclic) bond motifs is 1. The van der Waals surface area contributed by atoms with Crippen LogP contribution in [0, 0.1) is 0 Å². The molecule has 0 atom stereocenters. The number of amides is 1. The summed E-state index contributed by atoms with van der Waals surface area (Å²) in [6.45, 7) is 3.04. The summed E-state index contributed by atoms with van der Waals surface area (Å²) in [4.78, 5) is 26.5. The molecule has 3 rings (SSSR count). The van der Waals surface area contributed by atoms with Gasteiger partial charge in [0.25, 0.3) is 5.91 Å². The number of benzene rings is 1. The van der Waals surface area contributed by atoms with Gasteiger partial charge in [0.2, 0.25) is 0 Å². The fourth-order valence-corrected chi connectivity index (χ4v) is 3.64. The van der Waals surface area contributed by atoms with Gasteiger partial charge in [-0.05, 0) is 12.5 Å². The van der Waals surface area contributed by atoms with E-state index in [9.17, 15) is 14.7 Å². The molecule has 0 unspecified atom stereocenters. The van der Waals surface area contributed by atoms with E-state index in [-0.39, 0.29) is 16.5 Å². The highest BCUT2D eigenvalue weighted by atomic mass is 32.1. The first kappa shape index (κ1) is 14.6. The molecular formula is C16H15NO4S. The first-order valence-electron chi connectivity index (χ1n) is 6.96. The zero-order valence-corrected chi connectivity index (χ0v) is 12.9. The summed E-state index contributed by atoms with van der Waals surface area (Å²) < 4.78 is 5.43. The van der Waals surface area contributed by atoms with E-state index >= 15 is 0 Å². The lowest BCUT2D eigenvalue weighted by molar-refractivity contribution is 0.0698. The molecule has 6 heteroatoms. The summed E-state index contributed by atoms with van der Waals surface area (Å²) in [7, 11) is 0. The fraction of sp³-hybridized carbons (Fsp3) is 0.250. The minimum absolute atomic E-state index is 0.111. The molecule has 1 aliphatic heterocycles. The van der Waals surface area contributed by atoms with Crippen LogP contribution in [0.1, 0.15) is 37.4 Å². The van der Waals surface area contributed by atoms with Crippen molar-refractivity contribution in [3.05, 3.63) is 51.2 Å². The topological polar surface area (TPSA) is 66.8 Å². The number of carboxylic acid groups (broad SMARTS) is 1. The van der Waals surface area contributed by atoms with Gasteiger partial charge in [-0.3, -0.25) is 4.79 Å². The van der Waals surface area contributed by atoms with Crippen LogP contribution in [0.4, 0.5) is 0 Å². The largest absolute Gasteiger partial charge is 0.491 e. The molecule has 1 amide bonds.